The summed E-state index contributed by atoms with van der Waals surface area (Å²) in [6, 6.07) is 13.2. The lowest BCUT2D eigenvalue weighted by atomic mass is 9.81. The first kappa shape index (κ1) is 17.7. The Labute approximate surface area is 151 Å². The molecule has 0 unspecified atom stereocenters. The number of amides is 1. The van der Waals surface area contributed by atoms with Gasteiger partial charge in [-0.25, -0.2) is 4.79 Å². The van der Waals surface area contributed by atoms with E-state index in [1.54, 1.807) is 25.3 Å². The number of carbonyl (C=O) groups is 2. The van der Waals surface area contributed by atoms with E-state index >= 15 is 0 Å². The number of nitrogens with one attached hydrogen (secondary N) is 1. The van der Waals surface area contributed by atoms with E-state index in [1.807, 2.05) is 36.4 Å². The molecule has 0 heterocycles. The van der Waals surface area contributed by atoms with Gasteiger partial charge < -0.3 is 19.9 Å². The fourth-order valence-corrected chi connectivity index (χ4v) is 3.10. The lowest BCUT2D eigenvalue weighted by Crippen LogP contribution is -2.46. The van der Waals surface area contributed by atoms with Crippen molar-refractivity contribution in [3.63, 3.8) is 0 Å². The van der Waals surface area contributed by atoms with Crippen LogP contribution in [0.4, 0.5) is 4.79 Å². The van der Waals surface area contributed by atoms with E-state index in [1.165, 1.54) is 0 Å². The maximum atomic E-state index is 11.7. The fraction of sp³-hybridized carbons (Fsp3) is 0.200. The SMILES string of the molecule is COCOc1ccc(-c2ccc3c(c2)CC=C[C@]3(C=O)NC(=O)O)cc1. The zero-order valence-corrected chi connectivity index (χ0v) is 14.3. The van der Waals surface area contributed by atoms with Crippen LogP contribution < -0.4 is 10.1 Å². The summed E-state index contributed by atoms with van der Waals surface area (Å²) in [5, 5.41) is 11.4. The summed E-state index contributed by atoms with van der Waals surface area (Å²) in [6.07, 6.45) is 3.41. The van der Waals surface area contributed by atoms with Crippen molar-refractivity contribution in [3.8, 4) is 16.9 Å². The highest BCUT2D eigenvalue weighted by Gasteiger charge is 2.35. The molecule has 134 valence electrons. The number of benzene rings is 2. The first-order chi connectivity index (χ1) is 12.6. The van der Waals surface area contributed by atoms with Crippen LogP contribution in [0.3, 0.4) is 0 Å². The average molecular weight is 353 g/mol. The molecule has 0 saturated carbocycles. The molecule has 3 rings (SSSR count). The number of aldehydes is 1. The third-order valence-electron chi connectivity index (χ3n) is 4.30. The van der Waals surface area contributed by atoms with Gasteiger partial charge in [-0.1, -0.05) is 42.5 Å². The van der Waals surface area contributed by atoms with Crippen LogP contribution in [0.1, 0.15) is 11.1 Å². The Kier molecular flexibility index (Phi) is 5.04. The average Bonchev–Trinajstić information content (AvgIpc) is 2.66. The zero-order valence-electron chi connectivity index (χ0n) is 14.3. The molecule has 0 saturated heterocycles. The monoisotopic (exact) mass is 353 g/mol. The van der Waals surface area contributed by atoms with Crippen LogP contribution in [0.5, 0.6) is 5.75 Å². The molecule has 6 nitrogen and oxygen atoms in total. The molecule has 0 fully saturated rings. The van der Waals surface area contributed by atoms with E-state index in [4.69, 9.17) is 14.6 Å². The third kappa shape index (κ3) is 3.45. The number of carbonyl (C=O) groups excluding carboxylic acids is 1. The largest absolute Gasteiger partial charge is 0.468 e. The van der Waals surface area contributed by atoms with E-state index in [2.05, 4.69) is 5.32 Å². The Hall–Kier alpha value is -3.12. The summed E-state index contributed by atoms with van der Waals surface area (Å²) in [7, 11) is 1.56. The van der Waals surface area contributed by atoms with E-state index in [9.17, 15) is 9.59 Å². The quantitative estimate of drug-likeness (QED) is 0.473. The molecule has 1 amide bonds. The molecule has 0 spiro atoms. The first-order valence-corrected chi connectivity index (χ1v) is 8.09. The van der Waals surface area contributed by atoms with Crippen LogP contribution in [-0.2, 0) is 21.5 Å². The van der Waals surface area contributed by atoms with Gasteiger partial charge in [0.05, 0.1) is 0 Å². The Bertz CT molecular complexity index is 844. The van der Waals surface area contributed by atoms with Crippen molar-refractivity contribution in [2.24, 2.45) is 0 Å². The summed E-state index contributed by atoms with van der Waals surface area (Å²) in [5.74, 6) is 0.710. The molecule has 26 heavy (non-hydrogen) atoms. The summed E-state index contributed by atoms with van der Waals surface area (Å²) < 4.78 is 10.3. The Balaban J connectivity index is 1.92. The number of allylic oxidation sites excluding steroid dienone is 1. The van der Waals surface area contributed by atoms with Crippen LogP contribution in [0.15, 0.2) is 54.6 Å². The fourth-order valence-electron chi connectivity index (χ4n) is 3.10. The van der Waals surface area contributed by atoms with Gasteiger partial charge >= 0.3 is 6.09 Å². The molecule has 1 aliphatic carbocycles. The van der Waals surface area contributed by atoms with Crippen molar-refractivity contribution < 1.29 is 24.2 Å². The van der Waals surface area contributed by atoms with Crippen molar-refractivity contribution in [1.29, 1.82) is 0 Å². The standard InChI is InChI=1S/C20H19NO5/c1-25-13-26-17-7-4-14(5-8-17)15-6-9-18-16(11-15)3-2-10-20(18,12-22)21-19(23)24/h2,4-12,21H,3,13H2,1H3,(H,23,24)/t20-/m1/s1. The number of carboxylic acid groups (broad SMARTS) is 1. The highest BCUT2D eigenvalue weighted by atomic mass is 16.7. The van der Waals surface area contributed by atoms with E-state index in [0.717, 1.165) is 16.7 Å². The second-order valence-corrected chi connectivity index (χ2v) is 5.97. The highest BCUT2D eigenvalue weighted by Crippen LogP contribution is 2.33. The summed E-state index contributed by atoms with van der Waals surface area (Å²) >= 11 is 0. The van der Waals surface area contributed by atoms with Gasteiger partial charge in [-0.3, -0.25) is 4.79 Å². The maximum absolute atomic E-state index is 11.7. The molecule has 2 aromatic rings. The number of rotatable bonds is 6. The van der Waals surface area contributed by atoms with Gasteiger partial charge in [-0.2, -0.15) is 0 Å². The molecule has 1 aliphatic rings. The molecule has 0 bridgehead atoms. The predicted molar refractivity (Wildman–Crippen MR) is 96.1 cm³/mol. The Morgan fingerprint density at radius 2 is 1.96 bits per heavy atom. The van der Waals surface area contributed by atoms with Gasteiger partial charge in [0.15, 0.2) is 13.1 Å². The Morgan fingerprint density at radius 3 is 2.62 bits per heavy atom. The predicted octanol–water partition coefficient (Wildman–Crippen LogP) is 3.11. The van der Waals surface area contributed by atoms with Crippen molar-refractivity contribution >= 4 is 12.4 Å². The van der Waals surface area contributed by atoms with Gasteiger partial charge in [0.1, 0.15) is 11.3 Å². The van der Waals surface area contributed by atoms with Crippen LogP contribution in [0, 0.1) is 0 Å². The maximum Gasteiger partial charge on any atom is 0.405 e. The normalized spacial score (nSPS) is 18.0. The van der Waals surface area contributed by atoms with Crippen molar-refractivity contribution in [3.05, 3.63) is 65.7 Å². The Morgan fingerprint density at radius 1 is 1.23 bits per heavy atom. The molecular formula is C20H19NO5. The van der Waals surface area contributed by atoms with Gasteiger partial charge in [-0.15, -0.1) is 0 Å². The van der Waals surface area contributed by atoms with Crippen LogP contribution in [0.25, 0.3) is 11.1 Å². The second kappa shape index (κ2) is 7.41. The van der Waals surface area contributed by atoms with Crippen molar-refractivity contribution in [2.45, 2.75) is 12.0 Å². The van der Waals surface area contributed by atoms with Crippen molar-refractivity contribution in [1.82, 2.24) is 5.32 Å². The van der Waals surface area contributed by atoms with Crippen LogP contribution in [-0.4, -0.2) is 31.4 Å². The van der Waals surface area contributed by atoms with E-state index in [0.29, 0.717) is 24.0 Å². The number of hydrogen-bond acceptors (Lipinski definition) is 4. The minimum absolute atomic E-state index is 0.189. The zero-order chi connectivity index (χ0) is 18.6. The molecule has 2 aromatic carbocycles. The molecule has 0 radical (unpaired) electrons. The molecule has 2 N–H and O–H groups in total. The number of methoxy groups -OCH3 is 1. The van der Waals surface area contributed by atoms with Crippen LogP contribution in [0.2, 0.25) is 0 Å². The van der Waals surface area contributed by atoms with Crippen molar-refractivity contribution in [2.75, 3.05) is 13.9 Å². The number of ether oxygens (including phenoxy) is 2. The second-order valence-electron chi connectivity index (χ2n) is 5.97. The van der Waals surface area contributed by atoms with Gasteiger partial charge in [-0.05, 0) is 40.8 Å². The third-order valence-corrected chi connectivity index (χ3v) is 4.30. The molecule has 1 atom stereocenters. The first-order valence-electron chi connectivity index (χ1n) is 8.09. The van der Waals surface area contributed by atoms with Gasteiger partial charge in [0.2, 0.25) is 0 Å². The minimum atomic E-state index is -1.34. The summed E-state index contributed by atoms with van der Waals surface area (Å²) in [4.78, 5) is 22.8. The lowest BCUT2D eigenvalue weighted by molar-refractivity contribution is -0.112. The van der Waals surface area contributed by atoms with E-state index in [-0.39, 0.29) is 6.79 Å². The van der Waals surface area contributed by atoms with E-state index < -0.39 is 11.6 Å². The topological polar surface area (TPSA) is 84.9 Å². The lowest BCUT2D eigenvalue weighted by Gasteiger charge is -2.30. The summed E-state index contributed by atoms with van der Waals surface area (Å²) in [5.41, 5.74) is 2.20. The number of fused-ring (bicyclic) bond motifs is 1. The number of hydrogen-bond donors (Lipinski definition) is 2. The molecule has 0 aliphatic heterocycles. The highest BCUT2D eigenvalue weighted by molar-refractivity contribution is 5.81. The molecule has 6 heteroatoms. The van der Waals surface area contributed by atoms with Gasteiger partial charge in [0, 0.05) is 7.11 Å². The smallest absolute Gasteiger partial charge is 0.405 e. The molecular weight excluding hydrogens is 334 g/mol. The van der Waals surface area contributed by atoms with Crippen LogP contribution >= 0.6 is 0 Å². The minimum Gasteiger partial charge on any atom is -0.468 e. The van der Waals surface area contributed by atoms with Gasteiger partial charge in [0.25, 0.3) is 0 Å². The summed E-state index contributed by atoms with van der Waals surface area (Å²) in [6.45, 7) is 0.189. The molecule has 0 aromatic heterocycles.